The highest BCUT2D eigenvalue weighted by molar-refractivity contribution is 5.19. The predicted octanol–water partition coefficient (Wildman–Crippen LogP) is 5.48. The molecule has 0 amide bonds. The summed E-state index contributed by atoms with van der Waals surface area (Å²) in [4.78, 5) is 2.54. The van der Waals surface area contributed by atoms with Gasteiger partial charge in [-0.1, -0.05) is 80.4 Å². The van der Waals surface area contributed by atoms with Crippen molar-refractivity contribution in [1.29, 1.82) is 0 Å². The summed E-state index contributed by atoms with van der Waals surface area (Å²) in [6, 6.07) is 22.3. The van der Waals surface area contributed by atoms with Crippen LogP contribution in [0.1, 0.15) is 49.8 Å². The zero-order chi connectivity index (χ0) is 15.6. The number of unbranched alkanes of at least 4 members (excludes halogenated alkanes) is 1. The molecular formula is C21H29N. The number of benzene rings is 2. The molecule has 0 aliphatic heterocycles. The summed E-state index contributed by atoms with van der Waals surface area (Å²) in [5.74, 6) is 0. The topological polar surface area (TPSA) is 3.24 Å². The van der Waals surface area contributed by atoms with Crippen LogP contribution in [-0.2, 0) is 6.42 Å². The Balaban J connectivity index is 1.89. The highest BCUT2D eigenvalue weighted by atomic mass is 15.1. The first-order valence-electron chi connectivity index (χ1n) is 8.60. The zero-order valence-electron chi connectivity index (χ0n) is 14.0. The molecule has 0 heterocycles. The van der Waals surface area contributed by atoms with Crippen LogP contribution in [0, 0.1) is 0 Å². The van der Waals surface area contributed by atoms with Crippen molar-refractivity contribution in [2.75, 3.05) is 13.6 Å². The Bertz CT molecular complexity index is 506. The molecule has 0 aromatic heterocycles. The highest BCUT2D eigenvalue weighted by Crippen LogP contribution is 2.25. The molecule has 22 heavy (non-hydrogen) atoms. The predicted molar refractivity (Wildman–Crippen MR) is 96.1 cm³/mol. The van der Waals surface area contributed by atoms with E-state index in [1.807, 2.05) is 0 Å². The molecule has 0 bridgehead atoms. The fraction of sp³-hybridized carbons (Fsp3) is 0.429. The Morgan fingerprint density at radius 2 is 1.50 bits per heavy atom. The minimum absolute atomic E-state index is 0.553. The van der Waals surface area contributed by atoms with Gasteiger partial charge in [-0.25, -0.2) is 0 Å². The van der Waals surface area contributed by atoms with E-state index in [2.05, 4.69) is 79.5 Å². The normalized spacial score (nSPS) is 12.5. The van der Waals surface area contributed by atoms with E-state index in [1.165, 1.54) is 43.2 Å². The smallest absolute Gasteiger partial charge is 0.0345 e. The van der Waals surface area contributed by atoms with Crippen LogP contribution in [0.5, 0.6) is 0 Å². The van der Waals surface area contributed by atoms with Crippen molar-refractivity contribution in [2.45, 2.75) is 45.1 Å². The number of nitrogens with zero attached hydrogens (tertiary/aromatic N) is 1. The summed E-state index contributed by atoms with van der Waals surface area (Å²) in [5.41, 5.74) is 2.90. The van der Waals surface area contributed by atoms with E-state index in [9.17, 15) is 0 Å². The Kier molecular flexibility index (Phi) is 7.18. The molecular weight excluding hydrogens is 266 g/mol. The van der Waals surface area contributed by atoms with Crippen LogP contribution in [-0.4, -0.2) is 18.5 Å². The van der Waals surface area contributed by atoms with Gasteiger partial charge in [-0.3, -0.25) is 4.90 Å². The van der Waals surface area contributed by atoms with Crippen LogP contribution in [0.25, 0.3) is 0 Å². The van der Waals surface area contributed by atoms with Crippen LogP contribution in [0.4, 0.5) is 0 Å². The Hall–Kier alpha value is -1.60. The Morgan fingerprint density at radius 3 is 2.14 bits per heavy atom. The average Bonchev–Trinajstić information content (AvgIpc) is 2.57. The van der Waals surface area contributed by atoms with Crippen molar-refractivity contribution >= 4 is 0 Å². The standard InChI is InChI=1S/C21H29N/c1-3-4-17-21(20-15-9-6-10-16-20)22(2)18-11-14-19-12-7-5-8-13-19/h5-10,12-13,15-16,21H,3-4,11,14,17-18H2,1-2H3. The zero-order valence-corrected chi connectivity index (χ0v) is 14.0. The van der Waals surface area contributed by atoms with Crippen molar-refractivity contribution in [3.05, 3.63) is 71.8 Å². The molecule has 0 spiro atoms. The summed E-state index contributed by atoms with van der Waals surface area (Å²) < 4.78 is 0. The maximum atomic E-state index is 2.54. The summed E-state index contributed by atoms with van der Waals surface area (Å²) in [6.45, 7) is 3.43. The van der Waals surface area contributed by atoms with Gasteiger partial charge in [0.05, 0.1) is 0 Å². The van der Waals surface area contributed by atoms with Crippen LogP contribution in [0.15, 0.2) is 60.7 Å². The van der Waals surface area contributed by atoms with Crippen LogP contribution in [0.2, 0.25) is 0 Å². The number of aryl methyl sites for hydroxylation is 1. The lowest BCUT2D eigenvalue weighted by molar-refractivity contribution is 0.226. The third-order valence-corrected chi connectivity index (χ3v) is 4.37. The minimum Gasteiger partial charge on any atom is -0.299 e. The third-order valence-electron chi connectivity index (χ3n) is 4.37. The van der Waals surface area contributed by atoms with Crippen molar-refractivity contribution in [3.8, 4) is 0 Å². The van der Waals surface area contributed by atoms with E-state index < -0.39 is 0 Å². The SMILES string of the molecule is CCCCC(c1ccccc1)N(C)CCCc1ccccc1. The van der Waals surface area contributed by atoms with Crippen molar-refractivity contribution < 1.29 is 0 Å². The van der Waals surface area contributed by atoms with E-state index >= 15 is 0 Å². The molecule has 0 saturated heterocycles. The van der Waals surface area contributed by atoms with Gasteiger partial charge in [-0.2, -0.15) is 0 Å². The van der Waals surface area contributed by atoms with Crippen molar-refractivity contribution in [1.82, 2.24) is 4.90 Å². The summed E-state index contributed by atoms with van der Waals surface area (Å²) in [7, 11) is 2.28. The van der Waals surface area contributed by atoms with Crippen LogP contribution in [0.3, 0.4) is 0 Å². The average molecular weight is 295 g/mol. The molecule has 1 heteroatoms. The van der Waals surface area contributed by atoms with Gasteiger partial charge in [-0.15, -0.1) is 0 Å². The highest BCUT2D eigenvalue weighted by Gasteiger charge is 2.15. The Morgan fingerprint density at radius 1 is 0.864 bits per heavy atom. The van der Waals surface area contributed by atoms with Crippen molar-refractivity contribution in [2.24, 2.45) is 0 Å². The van der Waals surface area contributed by atoms with Gasteiger partial charge < -0.3 is 0 Å². The van der Waals surface area contributed by atoms with Gasteiger partial charge in [0.1, 0.15) is 0 Å². The number of hydrogen-bond acceptors (Lipinski definition) is 1. The van der Waals surface area contributed by atoms with E-state index in [-0.39, 0.29) is 0 Å². The lowest BCUT2D eigenvalue weighted by atomic mass is 9.99. The Labute approximate surface area is 136 Å². The maximum absolute atomic E-state index is 2.54. The van der Waals surface area contributed by atoms with E-state index in [0.29, 0.717) is 6.04 Å². The second-order valence-electron chi connectivity index (χ2n) is 6.14. The maximum Gasteiger partial charge on any atom is 0.0345 e. The first-order chi connectivity index (χ1) is 10.8. The molecule has 2 aromatic rings. The molecule has 1 unspecified atom stereocenters. The van der Waals surface area contributed by atoms with Crippen LogP contribution >= 0.6 is 0 Å². The first kappa shape index (κ1) is 16.8. The lowest BCUT2D eigenvalue weighted by Gasteiger charge is -2.28. The molecule has 0 aliphatic carbocycles. The largest absolute Gasteiger partial charge is 0.299 e. The fourth-order valence-corrected chi connectivity index (χ4v) is 3.05. The van der Waals surface area contributed by atoms with Crippen molar-refractivity contribution in [3.63, 3.8) is 0 Å². The van der Waals surface area contributed by atoms with E-state index in [0.717, 1.165) is 6.54 Å². The van der Waals surface area contributed by atoms with Gasteiger partial charge >= 0.3 is 0 Å². The molecule has 0 saturated carbocycles. The minimum atomic E-state index is 0.553. The molecule has 2 rings (SSSR count). The van der Waals surface area contributed by atoms with Gasteiger partial charge in [0.25, 0.3) is 0 Å². The fourth-order valence-electron chi connectivity index (χ4n) is 3.05. The molecule has 0 N–H and O–H groups in total. The number of rotatable bonds is 9. The quantitative estimate of drug-likeness (QED) is 0.592. The molecule has 0 fully saturated rings. The number of hydrogen-bond donors (Lipinski definition) is 0. The van der Waals surface area contributed by atoms with Crippen LogP contribution < -0.4 is 0 Å². The molecule has 1 nitrogen and oxygen atoms in total. The van der Waals surface area contributed by atoms with E-state index in [4.69, 9.17) is 0 Å². The second kappa shape index (κ2) is 9.42. The molecule has 0 radical (unpaired) electrons. The molecule has 2 aromatic carbocycles. The molecule has 118 valence electrons. The van der Waals surface area contributed by atoms with Gasteiger partial charge in [0, 0.05) is 6.04 Å². The molecule has 0 aliphatic rings. The monoisotopic (exact) mass is 295 g/mol. The second-order valence-corrected chi connectivity index (χ2v) is 6.14. The summed E-state index contributed by atoms with van der Waals surface area (Å²) in [6.07, 6.45) is 6.20. The van der Waals surface area contributed by atoms with Gasteiger partial charge in [-0.05, 0) is 44.0 Å². The van der Waals surface area contributed by atoms with E-state index in [1.54, 1.807) is 0 Å². The first-order valence-corrected chi connectivity index (χ1v) is 8.60. The summed E-state index contributed by atoms with van der Waals surface area (Å²) in [5, 5.41) is 0. The molecule has 1 atom stereocenters. The lowest BCUT2D eigenvalue weighted by Crippen LogP contribution is -2.26. The third kappa shape index (κ3) is 5.31. The van der Waals surface area contributed by atoms with Gasteiger partial charge in [0.15, 0.2) is 0 Å². The summed E-state index contributed by atoms with van der Waals surface area (Å²) >= 11 is 0. The van der Waals surface area contributed by atoms with Gasteiger partial charge in [0.2, 0.25) is 0 Å².